The fraction of sp³-hybridized carbons (Fsp3) is 0.364. The van der Waals surface area contributed by atoms with Gasteiger partial charge in [-0.2, -0.15) is 26.3 Å². The standard InChI is InChI=1S/C11H8F7NO/c12-8-2-1-6(5-7(8)11(16,17)18)9(20)19-4-3-10(13,14)15/h1-2,5H,3-4H2,(H,19,20). The topological polar surface area (TPSA) is 29.1 Å². The molecular formula is C11H8F7NO. The van der Waals surface area contributed by atoms with Crippen molar-refractivity contribution < 1.29 is 35.5 Å². The Balaban J connectivity index is 2.80. The van der Waals surface area contributed by atoms with Crippen LogP contribution >= 0.6 is 0 Å². The molecule has 0 aromatic heterocycles. The van der Waals surface area contributed by atoms with Crippen molar-refractivity contribution in [3.63, 3.8) is 0 Å². The average Bonchev–Trinajstić information content (AvgIpc) is 2.26. The number of carbonyl (C=O) groups is 1. The van der Waals surface area contributed by atoms with E-state index in [0.29, 0.717) is 6.07 Å². The number of benzene rings is 1. The number of carbonyl (C=O) groups excluding carboxylic acids is 1. The maximum absolute atomic E-state index is 12.9. The number of hydrogen-bond donors (Lipinski definition) is 1. The fourth-order valence-electron chi connectivity index (χ4n) is 1.30. The summed E-state index contributed by atoms with van der Waals surface area (Å²) < 4.78 is 85.6. The van der Waals surface area contributed by atoms with Gasteiger partial charge in [0.1, 0.15) is 5.82 Å². The number of alkyl halides is 6. The van der Waals surface area contributed by atoms with E-state index >= 15 is 0 Å². The molecule has 1 N–H and O–H groups in total. The molecule has 0 aliphatic carbocycles. The Hall–Kier alpha value is -1.80. The molecule has 20 heavy (non-hydrogen) atoms. The lowest BCUT2D eigenvalue weighted by Gasteiger charge is -2.11. The van der Waals surface area contributed by atoms with Gasteiger partial charge in [0.2, 0.25) is 0 Å². The van der Waals surface area contributed by atoms with Crippen molar-refractivity contribution in [2.75, 3.05) is 6.54 Å². The van der Waals surface area contributed by atoms with Crippen LogP contribution < -0.4 is 5.32 Å². The van der Waals surface area contributed by atoms with Crippen molar-refractivity contribution in [3.8, 4) is 0 Å². The lowest BCUT2D eigenvalue weighted by molar-refractivity contribution is -0.140. The average molecular weight is 303 g/mol. The summed E-state index contributed by atoms with van der Waals surface area (Å²) in [5, 5.41) is 1.80. The zero-order chi connectivity index (χ0) is 15.6. The van der Waals surface area contributed by atoms with Crippen LogP contribution in [0.1, 0.15) is 22.3 Å². The summed E-state index contributed by atoms with van der Waals surface area (Å²) in [6, 6.07) is 1.44. The Morgan fingerprint density at radius 1 is 1.10 bits per heavy atom. The third kappa shape index (κ3) is 4.71. The molecule has 9 heteroatoms. The first kappa shape index (κ1) is 16.3. The molecule has 1 rings (SSSR count). The Kier molecular flexibility index (Phi) is 4.61. The zero-order valence-corrected chi connectivity index (χ0v) is 9.70. The first-order valence-corrected chi connectivity index (χ1v) is 5.22. The second kappa shape index (κ2) is 5.68. The summed E-state index contributed by atoms with van der Waals surface area (Å²) in [6.07, 6.45) is -10.8. The van der Waals surface area contributed by atoms with Crippen LogP contribution in [0.5, 0.6) is 0 Å². The molecule has 0 aliphatic heterocycles. The van der Waals surface area contributed by atoms with E-state index in [9.17, 15) is 35.5 Å². The lowest BCUT2D eigenvalue weighted by Crippen LogP contribution is -2.28. The van der Waals surface area contributed by atoms with Gasteiger partial charge in [0.15, 0.2) is 0 Å². The van der Waals surface area contributed by atoms with Crippen molar-refractivity contribution in [1.82, 2.24) is 5.32 Å². The summed E-state index contributed by atoms with van der Waals surface area (Å²) in [5.41, 5.74) is -2.22. The molecule has 1 aromatic rings. The van der Waals surface area contributed by atoms with Gasteiger partial charge in [-0.15, -0.1) is 0 Å². The minimum Gasteiger partial charge on any atom is -0.352 e. The van der Waals surface area contributed by atoms with Crippen LogP contribution in [0.15, 0.2) is 18.2 Å². The molecule has 0 saturated carbocycles. The van der Waals surface area contributed by atoms with Gasteiger partial charge >= 0.3 is 12.4 Å². The normalized spacial score (nSPS) is 12.3. The summed E-state index contributed by atoms with van der Waals surface area (Å²) >= 11 is 0. The van der Waals surface area contributed by atoms with E-state index in [1.165, 1.54) is 0 Å². The zero-order valence-electron chi connectivity index (χ0n) is 9.70. The third-order valence-corrected chi connectivity index (χ3v) is 2.23. The summed E-state index contributed by atoms with van der Waals surface area (Å²) in [6.45, 7) is -0.777. The molecule has 1 aromatic carbocycles. The van der Waals surface area contributed by atoms with Gasteiger partial charge in [-0.05, 0) is 18.2 Å². The van der Waals surface area contributed by atoms with E-state index in [-0.39, 0.29) is 6.07 Å². The van der Waals surface area contributed by atoms with E-state index in [0.717, 1.165) is 6.07 Å². The van der Waals surface area contributed by atoms with Crippen LogP contribution in [0.2, 0.25) is 0 Å². The first-order chi connectivity index (χ1) is 9.00. The molecule has 1 amide bonds. The van der Waals surface area contributed by atoms with Gasteiger partial charge in [0, 0.05) is 12.1 Å². The molecular weight excluding hydrogens is 295 g/mol. The quantitative estimate of drug-likeness (QED) is 0.850. The smallest absolute Gasteiger partial charge is 0.352 e. The van der Waals surface area contributed by atoms with E-state index in [4.69, 9.17) is 0 Å². The monoisotopic (exact) mass is 303 g/mol. The molecule has 112 valence electrons. The molecule has 0 bridgehead atoms. The van der Waals surface area contributed by atoms with Crippen LogP contribution in [0.3, 0.4) is 0 Å². The fourth-order valence-corrected chi connectivity index (χ4v) is 1.30. The number of halogens is 7. The SMILES string of the molecule is O=C(NCCC(F)(F)F)c1ccc(F)c(C(F)(F)F)c1. The van der Waals surface area contributed by atoms with E-state index < -0.39 is 48.2 Å². The largest absolute Gasteiger partial charge is 0.419 e. The minimum absolute atomic E-state index is 0.248. The third-order valence-electron chi connectivity index (χ3n) is 2.23. The molecule has 0 aliphatic rings. The molecule has 0 radical (unpaired) electrons. The maximum atomic E-state index is 12.9. The van der Waals surface area contributed by atoms with Crippen molar-refractivity contribution in [1.29, 1.82) is 0 Å². The highest BCUT2D eigenvalue weighted by molar-refractivity contribution is 5.94. The van der Waals surface area contributed by atoms with Gasteiger partial charge < -0.3 is 5.32 Å². The van der Waals surface area contributed by atoms with Crippen molar-refractivity contribution >= 4 is 5.91 Å². The highest BCUT2D eigenvalue weighted by Gasteiger charge is 2.34. The second-order valence-electron chi connectivity index (χ2n) is 3.81. The molecule has 2 nitrogen and oxygen atoms in total. The molecule has 0 atom stereocenters. The Morgan fingerprint density at radius 3 is 2.20 bits per heavy atom. The molecule has 0 saturated heterocycles. The number of rotatable bonds is 3. The number of nitrogens with one attached hydrogen (secondary N) is 1. The van der Waals surface area contributed by atoms with Gasteiger partial charge in [0.05, 0.1) is 12.0 Å². The Labute approximate surface area is 108 Å². The van der Waals surface area contributed by atoms with Crippen LogP contribution in [-0.4, -0.2) is 18.6 Å². The molecule has 0 fully saturated rings. The second-order valence-corrected chi connectivity index (χ2v) is 3.81. The van der Waals surface area contributed by atoms with Crippen LogP contribution in [0, 0.1) is 5.82 Å². The van der Waals surface area contributed by atoms with E-state index in [1.54, 1.807) is 5.32 Å². The maximum Gasteiger partial charge on any atom is 0.419 e. The summed E-state index contributed by atoms with van der Waals surface area (Å²) in [4.78, 5) is 11.4. The lowest BCUT2D eigenvalue weighted by atomic mass is 10.1. The predicted octanol–water partition coefficient (Wildman–Crippen LogP) is 3.53. The van der Waals surface area contributed by atoms with Crippen molar-refractivity contribution in [2.45, 2.75) is 18.8 Å². The van der Waals surface area contributed by atoms with Crippen LogP contribution in [-0.2, 0) is 6.18 Å². The van der Waals surface area contributed by atoms with Crippen LogP contribution in [0.25, 0.3) is 0 Å². The molecule has 0 unspecified atom stereocenters. The summed E-state index contributed by atoms with van der Waals surface area (Å²) in [7, 11) is 0. The van der Waals surface area contributed by atoms with Gasteiger partial charge in [0.25, 0.3) is 5.91 Å². The van der Waals surface area contributed by atoms with Gasteiger partial charge in [-0.3, -0.25) is 4.79 Å². The van der Waals surface area contributed by atoms with Crippen molar-refractivity contribution in [3.05, 3.63) is 35.1 Å². The van der Waals surface area contributed by atoms with Crippen molar-refractivity contribution in [2.24, 2.45) is 0 Å². The van der Waals surface area contributed by atoms with E-state index in [1.807, 2.05) is 0 Å². The number of amides is 1. The van der Waals surface area contributed by atoms with Crippen LogP contribution in [0.4, 0.5) is 30.7 Å². The summed E-state index contributed by atoms with van der Waals surface area (Å²) in [5.74, 6) is -2.70. The molecule has 0 spiro atoms. The highest BCUT2D eigenvalue weighted by Crippen LogP contribution is 2.31. The van der Waals surface area contributed by atoms with Gasteiger partial charge in [-0.1, -0.05) is 0 Å². The van der Waals surface area contributed by atoms with E-state index in [2.05, 4.69) is 0 Å². The van der Waals surface area contributed by atoms with Gasteiger partial charge in [-0.25, -0.2) is 4.39 Å². The highest BCUT2D eigenvalue weighted by atomic mass is 19.4. The predicted molar refractivity (Wildman–Crippen MR) is 54.4 cm³/mol. The minimum atomic E-state index is -4.99. The Morgan fingerprint density at radius 2 is 1.70 bits per heavy atom. The number of hydrogen-bond acceptors (Lipinski definition) is 1. The Bertz CT molecular complexity index is 493. The first-order valence-electron chi connectivity index (χ1n) is 5.22. The molecule has 0 heterocycles.